The Bertz CT molecular complexity index is 373. The SMILES string of the molecule is CCc1oc(C(=O)NCCCOCCO)cc1C. The maximum absolute atomic E-state index is 11.7. The summed E-state index contributed by atoms with van der Waals surface area (Å²) >= 11 is 0. The molecule has 0 aromatic carbocycles. The van der Waals surface area contributed by atoms with Crippen LogP contribution in [0.4, 0.5) is 0 Å². The van der Waals surface area contributed by atoms with Crippen LogP contribution in [0, 0.1) is 6.92 Å². The molecule has 0 unspecified atom stereocenters. The number of nitrogens with one attached hydrogen (secondary N) is 1. The first-order chi connectivity index (χ1) is 8.69. The quantitative estimate of drug-likeness (QED) is 0.686. The number of aryl methyl sites for hydroxylation is 2. The summed E-state index contributed by atoms with van der Waals surface area (Å²) in [6.45, 7) is 5.35. The Morgan fingerprint density at radius 3 is 2.89 bits per heavy atom. The fourth-order valence-corrected chi connectivity index (χ4v) is 1.61. The molecule has 18 heavy (non-hydrogen) atoms. The van der Waals surface area contributed by atoms with Crippen molar-refractivity contribution < 1.29 is 19.1 Å². The second-order valence-corrected chi connectivity index (χ2v) is 4.02. The molecule has 1 aromatic rings. The maximum atomic E-state index is 11.7. The Labute approximate surface area is 107 Å². The van der Waals surface area contributed by atoms with Crippen LogP contribution in [0.2, 0.25) is 0 Å². The Balaban J connectivity index is 2.27. The first-order valence-electron chi connectivity index (χ1n) is 6.25. The van der Waals surface area contributed by atoms with Crippen LogP contribution >= 0.6 is 0 Å². The molecule has 102 valence electrons. The van der Waals surface area contributed by atoms with Gasteiger partial charge in [0, 0.05) is 19.6 Å². The van der Waals surface area contributed by atoms with Crippen LogP contribution in [0.15, 0.2) is 10.5 Å². The summed E-state index contributed by atoms with van der Waals surface area (Å²) in [6.07, 6.45) is 1.50. The molecule has 0 aliphatic carbocycles. The summed E-state index contributed by atoms with van der Waals surface area (Å²) in [5.41, 5.74) is 1.01. The lowest BCUT2D eigenvalue weighted by Gasteiger charge is -2.03. The molecule has 1 heterocycles. The van der Waals surface area contributed by atoms with Gasteiger partial charge in [-0.25, -0.2) is 0 Å². The van der Waals surface area contributed by atoms with Crippen molar-refractivity contribution in [3.63, 3.8) is 0 Å². The first kappa shape index (κ1) is 14.7. The molecule has 0 aliphatic heterocycles. The van der Waals surface area contributed by atoms with Crippen LogP contribution in [0.5, 0.6) is 0 Å². The molecule has 0 spiro atoms. The summed E-state index contributed by atoms with van der Waals surface area (Å²) in [6, 6.07) is 1.76. The molecular weight excluding hydrogens is 234 g/mol. The van der Waals surface area contributed by atoms with Crippen LogP contribution in [0.1, 0.15) is 35.2 Å². The molecule has 5 nitrogen and oxygen atoms in total. The summed E-state index contributed by atoms with van der Waals surface area (Å²) < 4.78 is 10.5. The lowest BCUT2D eigenvalue weighted by Crippen LogP contribution is -2.25. The first-order valence-corrected chi connectivity index (χ1v) is 6.25. The largest absolute Gasteiger partial charge is 0.456 e. The number of amides is 1. The van der Waals surface area contributed by atoms with Gasteiger partial charge in [0.2, 0.25) is 0 Å². The zero-order chi connectivity index (χ0) is 13.4. The summed E-state index contributed by atoms with van der Waals surface area (Å²) in [5, 5.41) is 11.3. The highest BCUT2D eigenvalue weighted by atomic mass is 16.5. The van der Waals surface area contributed by atoms with Crippen molar-refractivity contribution in [3.05, 3.63) is 23.2 Å². The molecule has 1 aromatic heterocycles. The Hall–Kier alpha value is -1.33. The van der Waals surface area contributed by atoms with Crippen molar-refractivity contribution in [2.24, 2.45) is 0 Å². The van der Waals surface area contributed by atoms with E-state index in [1.807, 2.05) is 13.8 Å². The molecule has 0 aliphatic rings. The second kappa shape index (κ2) is 7.89. The molecule has 0 saturated carbocycles. The number of hydrogen-bond donors (Lipinski definition) is 2. The number of aliphatic hydroxyl groups is 1. The van der Waals surface area contributed by atoms with E-state index in [0.29, 0.717) is 31.9 Å². The van der Waals surface area contributed by atoms with Crippen molar-refractivity contribution in [1.29, 1.82) is 0 Å². The standard InChI is InChI=1S/C13H21NO4/c1-3-11-10(2)9-12(18-11)13(16)14-5-4-7-17-8-6-15/h9,15H,3-8H2,1-2H3,(H,14,16). The van der Waals surface area contributed by atoms with Crippen molar-refractivity contribution in [1.82, 2.24) is 5.32 Å². The topological polar surface area (TPSA) is 71.7 Å². The van der Waals surface area contributed by atoms with Gasteiger partial charge in [-0.1, -0.05) is 6.92 Å². The predicted molar refractivity (Wildman–Crippen MR) is 67.7 cm³/mol. The molecule has 0 saturated heterocycles. The molecule has 1 amide bonds. The van der Waals surface area contributed by atoms with Gasteiger partial charge in [-0.05, 0) is 25.0 Å². The third-order valence-electron chi connectivity index (χ3n) is 2.55. The number of rotatable bonds is 8. The fraction of sp³-hybridized carbons (Fsp3) is 0.615. The average Bonchev–Trinajstić information content (AvgIpc) is 2.74. The average molecular weight is 255 g/mol. The van der Waals surface area contributed by atoms with Gasteiger partial charge in [-0.15, -0.1) is 0 Å². The summed E-state index contributed by atoms with van der Waals surface area (Å²) in [4.78, 5) is 11.7. The number of carbonyl (C=O) groups is 1. The van der Waals surface area contributed by atoms with E-state index < -0.39 is 0 Å². The third kappa shape index (κ3) is 4.50. The van der Waals surface area contributed by atoms with E-state index in [-0.39, 0.29) is 12.5 Å². The lowest BCUT2D eigenvalue weighted by atomic mass is 10.2. The number of aliphatic hydroxyl groups excluding tert-OH is 1. The van der Waals surface area contributed by atoms with Gasteiger partial charge >= 0.3 is 0 Å². The van der Waals surface area contributed by atoms with Gasteiger partial charge in [0.05, 0.1) is 13.2 Å². The molecule has 5 heteroatoms. The minimum Gasteiger partial charge on any atom is -0.456 e. The zero-order valence-corrected chi connectivity index (χ0v) is 11.0. The van der Waals surface area contributed by atoms with E-state index in [1.165, 1.54) is 0 Å². The van der Waals surface area contributed by atoms with Gasteiger partial charge in [-0.2, -0.15) is 0 Å². The minimum atomic E-state index is -0.194. The second-order valence-electron chi connectivity index (χ2n) is 4.02. The van der Waals surface area contributed by atoms with Crippen LogP contribution in [0.25, 0.3) is 0 Å². The van der Waals surface area contributed by atoms with Gasteiger partial charge < -0.3 is 19.6 Å². The normalized spacial score (nSPS) is 10.6. The minimum absolute atomic E-state index is 0.0256. The highest BCUT2D eigenvalue weighted by Crippen LogP contribution is 2.14. The lowest BCUT2D eigenvalue weighted by molar-refractivity contribution is 0.0855. The van der Waals surface area contributed by atoms with Gasteiger partial charge in [0.1, 0.15) is 5.76 Å². The summed E-state index contributed by atoms with van der Waals surface area (Å²) in [7, 11) is 0. The highest BCUT2D eigenvalue weighted by molar-refractivity contribution is 5.91. The van der Waals surface area contributed by atoms with Gasteiger partial charge in [0.25, 0.3) is 5.91 Å². The Morgan fingerprint density at radius 2 is 2.28 bits per heavy atom. The van der Waals surface area contributed by atoms with E-state index in [1.54, 1.807) is 6.07 Å². The van der Waals surface area contributed by atoms with Crippen LogP contribution < -0.4 is 5.32 Å². The van der Waals surface area contributed by atoms with Crippen LogP contribution in [-0.2, 0) is 11.2 Å². The Morgan fingerprint density at radius 1 is 1.50 bits per heavy atom. The summed E-state index contributed by atoms with van der Waals surface area (Å²) in [5.74, 6) is 1.02. The zero-order valence-electron chi connectivity index (χ0n) is 11.0. The van der Waals surface area contributed by atoms with Gasteiger partial charge in [0.15, 0.2) is 5.76 Å². The number of furan rings is 1. The van der Waals surface area contributed by atoms with Crippen molar-refractivity contribution in [3.8, 4) is 0 Å². The smallest absolute Gasteiger partial charge is 0.287 e. The highest BCUT2D eigenvalue weighted by Gasteiger charge is 2.12. The van der Waals surface area contributed by atoms with Gasteiger partial charge in [-0.3, -0.25) is 4.79 Å². The molecule has 2 N–H and O–H groups in total. The van der Waals surface area contributed by atoms with E-state index >= 15 is 0 Å². The predicted octanol–water partition coefficient (Wildman–Crippen LogP) is 1.28. The number of ether oxygens (including phenoxy) is 1. The number of hydrogen-bond acceptors (Lipinski definition) is 4. The van der Waals surface area contributed by atoms with E-state index in [4.69, 9.17) is 14.3 Å². The van der Waals surface area contributed by atoms with E-state index in [0.717, 1.165) is 17.7 Å². The number of carbonyl (C=O) groups excluding carboxylic acids is 1. The molecule has 0 bridgehead atoms. The van der Waals surface area contributed by atoms with Crippen molar-refractivity contribution >= 4 is 5.91 Å². The molecule has 0 radical (unpaired) electrons. The monoisotopic (exact) mass is 255 g/mol. The molecule has 0 fully saturated rings. The van der Waals surface area contributed by atoms with Crippen molar-refractivity contribution in [2.45, 2.75) is 26.7 Å². The molecular formula is C13H21NO4. The fourth-order valence-electron chi connectivity index (χ4n) is 1.61. The maximum Gasteiger partial charge on any atom is 0.287 e. The van der Waals surface area contributed by atoms with E-state index in [2.05, 4.69) is 5.32 Å². The molecule has 1 rings (SSSR count). The van der Waals surface area contributed by atoms with Crippen LogP contribution in [0.3, 0.4) is 0 Å². The molecule has 0 atom stereocenters. The van der Waals surface area contributed by atoms with Crippen LogP contribution in [-0.4, -0.2) is 37.4 Å². The third-order valence-corrected chi connectivity index (χ3v) is 2.55. The van der Waals surface area contributed by atoms with E-state index in [9.17, 15) is 4.79 Å². The van der Waals surface area contributed by atoms with Crippen molar-refractivity contribution in [2.75, 3.05) is 26.4 Å². The Kier molecular flexibility index (Phi) is 6.46.